The Kier molecular flexibility index (Phi) is 14.0. The lowest BCUT2D eigenvalue weighted by atomic mass is 10.1. The lowest BCUT2D eigenvalue weighted by molar-refractivity contribution is -0.141. The molecule has 3 amide bonds. The second-order valence-electron chi connectivity index (χ2n) is 8.28. The van der Waals surface area contributed by atoms with Crippen LogP contribution >= 0.6 is 0 Å². The smallest absolute Gasteiger partial charge is 0.326 e. The van der Waals surface area contributed by atoms with Crippen molar-refractivity contribution in [2.75, 3.05) is 19.6 Å². The number of phenols is 1. The number of hydrogen-bond acceptors (Lipinski definition) is 8. The molecule has 3 atom stereocenters. The van der Waals surface area contributed by atoms with E-state index in [1.54, 1.807) is 12.1 Å². The van der Waals surface area contributed by atoms with Crippen molar-refractivity contribution in [2.45, 2.75) is 63.1 Å². The van der Waals surface area contributed by atoms with E-state index >= 15 is 0 Å². The van der Waals surface area contributed by atoms with E-state index in [9.17, 15) is 29.4 Å². The summed E-state index contributed by atoms with van der Waals surface area (Å²) in [5.74, 6) is -2.95. The van der Waals surface area contributed by atoms with Crippen LogP contribution in [0.1, 0.15) is 44.1 Å². The fraction of sp³-hybridized carbons (Fsp3) is 0.565. The van der Waals surface area contributed by atoms with E-state index in [0.717, 1.165) is 6.42 Å². The number of carboxylic acid groups (broad SMARTS) is 1. The van der Waals surface area contributed by atoms with Crippen LogP contribution in [-0.4, -0.2) is 71.7 Å². The molecule has 35 heavy (non-hydrogen) atoms. The van der Waals surface area contributed by atoms with Gasteiger partial charge in [0.15, 0.2) is 0 Å². The van der Waals surface area contributed by atoms with E-state index in [4.69, 9.17) is 17.2 Å². The summed E-state index contributed by atoms with van der Waals surface area (Å²) in [5.41, 5.74) is 17.5. The number of phenolic OH excluding ortho intramolecular Hbond substituents is 1. The van der Waals surface area contributed by atoms with Gasteiger partial charge in [0.2, 0.25) is 17.7 Å². The first kappa shape index (κ1) is 29.8. The molecule has 196 valence electrons. The Bertz CT molecular complexity index is 819. The first-order chi connectivity index (χ1) is 16.7. The maximum atomic E-state index is 12.7. The van der Waals surface area contributed by atoms with Crippen molar-refractivity contribution in [3.63, 3.8) is 0 Å². The minimum Gasteiger partial charge on any atom is -0.508 e. The Balaban J connectivity index is 2.65. The molecule has 0 heterocycles. The van der Waals surface area contributed by atoms with Crippen LogP contribution in [0.25, 0.3) is 0 Å². The van der Waals surface area contributed by atoms with Gasteiger partial charge in [-0.1, -0.05) is 18.6 Å². The molecule has 1 aromatic carbocycles. The van der Waals surface area contributed by atoms with Gasteiger partial charge < -0.3 is 43.4 Å². The summed E-state index contributed by atoms with van der Waals surface area (Å²) in [6, 6.07) is 3.01. The third-order valence-electron chi connectivity index (χ3n) is 5.32. The van der Waals surface area contributed by atoms with Crippen molar-refractivity contribution in [1.82, 2.24) is 16.0 Å². The average molecular weight is 495 g/mol. The van der Waals surface area contributed by atoms with Crippen LogP contribution in [-0.2, 0) is 25.6 Å². The number of amides is 3. The number of aliphatic carboxylic acids is 1. The number of carbonyl (C=O) groups is 4. The number of aromatic hydroxyl groups is 1. The minimum absolute atomic E-state index is 0.00485. The summed E-state index contributed by atoms with van der Waals surface area (Å²) in [7, 11) is 0. The molecule has 1 aromatic rings. The third kappa shape index (κ3) is 12.2. The largest absolute Gasteiger partial charge is 0.508 e. The Hall–Kier alpha value is -3.22. The maximum Gasteiger partial charge on any atom is 0.326 e. The lowest BCUT2D eigenvalue weighted by Crippen LogP contribution is -2.53. The van der Waals surface area contributed by atoms with Gasteiger partial charge in [-0.3, -0.25) is 14.4 Å². The molecule has 0 aliphatic heterocycles. The van der Waals surface area contributed by atoms with Crippen LogP contribution in [0.5, 0.6) is 5.75 Å². The van der Waals surface area contributed by atoms with Crippen LogP contribution in [0.3, 0.4) is 0 Å². The fourth-order valence-electron chi connectivity index (χ4n) is 3.28. The Morgan fingerprint density at radius 2 is 1.43 bits per heavy atom. The molecule has 12 nitrogen and oxygen atoms in total. The number of hydrogen-bond donors (Lipinski definition) is 8. The Morgan fingerprint density at radius 3 is 2.00 bits per heavy atom. The van der Waals surface area contributed by atoms with Gasteiger partial charge in [0.25, 0.3) is 0 Å². The highest BCUT2D eigenvalue weighted by Gasteiger charge is 2.25. The number of carboxylic acids is 1. The van der Waals surface area contributed by atoms with Gasteiger partial charge >= 0.3 is 5.97 Å². The summed E-state index contributed by atoms with van der Waals surface area (Å²) in [4.78, 5) is 48.9. The lowest BCUT2D eigenvalue weighted by Gasteiger charge is -2.21. The van der Waals surface area contributed by atoms with Crippen LogP contribution in [0, 0.1) is 0 Å². The fourth-order valence-corrected chi connectivity index (χ4v) is 3.28. The topological polar surface area (TPSA) is 223 Å². The second kappa shape index (κ2) is 16.4. The molecule has 0 saturated heterocycles. The molecule has 0 radical (unpaired) electrons. The SMILES string of the molecule is NCCCCC(N)C(=O)NC(CCCCN)C(=O)NCC(=O)NC(Cc1ccc(O)cc1)C(=O)O. The zero-order valence-electron chi connectivity index (χ0n) is 19.9. The summed E-state index contributed by atoms with van der Waals surface area (Å²) in [6.07, 6.45) is 3.39. The van der Waals surface area contributed by atoms with E-state index in [1.165, 1.54) is 12.1 Å². The molecule has 0 spiro atoms. The first-order valence-corrected chi connectivity index (χ1v) is 11.7. The van der Waals surface area contributed by atoms with Crippen molar-refractivity contribution >= 4 is 23.7 Å². The van der Waals surface area contributed by atoms with E-state index in [1.807, 2.05) is 0 Å². The van der Waals surface area contributed by atoms with Crippen molar-refractivity contribution in [3.05, 3.63) is 29.8 Å². The number of unbranched alkanes of at least 4 members (excludes halogenated alkanes) is 2. The molecule has 3 unspecified atom stereocenters. The third-order valence-corrected chi connectivity index (χ3v) is 5.32. The van der Waals surface area contributed by atoms with Crippen LogP contribution in [0.4, 0.5) is 0 Å². The van der Waals surface area contributed by atoms with Crippen LogP contribution < -0.4 is 33.2 Å². The number of rotatable bonds is 17. The maximum absolute atomic E-state index is 12.7. The second-order valence-corrected chi connectivity index (χ2v) is 8.28. The Morgan fingerprint density at radius 1 is 0.829 bits per heavy atom. The van der Waals surface area contributed by atoms with Gasteiger partial charge in [0.1, 0.15) is 17.8 Å². The first-order valence-electron chi connectivity index (χ1n) is 11.7. The highest BCUT2D eigenvalue weighted by atomic mass is 16.4. The summed E-state index contributed by atoms with van der Waals surface area (Å²) < 4.78 is 0. The van der Waals surface area contributed by atoms with E-state index in [2.05, 4.69) is 16.0 Å². The predicted octanol–water partition coefficient (Wildman–Crippen LogP) is -1.31. The van der Waals surface area contributed by atoms with Gasteiger partial charge in [-0.15, -0.1) is 0 Å². The molecule has 12 heteroatoms. The summed E-state index contributed by atoms with van der Waals surface area (Å²) >= 11 is 0. The minimum atomic E-state index is -1.24. The van der Waals surface area contributed by atoms with E-state index < -0.39 is 48.4 Å². The quantitative estimate of drug-likeness (QED) is 0.120. The molecule has 0 aliphatic rings. The molecule has 0 aliphatic carbocycles. The average Bonchev–Trinajstić information content (AvgIpc) is 2.82. The number of nitrogens with two attached hydrogens (primary N) is 3. The number of carbonyl (C=O) groups excluding carboxylic acids is 3. The van der Waals surface area contributed by atoms with Gasteiger partial charge in [0, 0.05) is 6.42 Å². The van der Waals surface area contributed by atoms with E-state index in [0.29, 0.717) is 50.8 Å². The molecule has 1 rings (SSSR count). The van der Waals surface area contributed by atoms with Gasteiger partial charge in [-0.05, 0) is 62.9 Å². The van der Waals surface area contributed by atoms with E-state index in [-0.39, 0.29) is 12.2 Å². The molecule has 11 N–H and O–H groups in total. The van der Waals surface area contributed by atoms with Gasteiger partial charge in [0.05, 0.1) is 12.6 Å². The summed E-state index contributed by atoms with van der Waals surface area (Å²) in [6.45, 7) is 0.461. The standard InChI is InChI=1S/C23H38N6O6/c24-11-3-1-5-17(26)21(32)29-18(6-2-4-12-25)22(33)27-14-20(31)28-19(23(34)35)13-15-7-9-16(30)10-8-15/h7-10,17-19,30H,1-6,11-14,24-26H2,(H,27,33)(H,28,31)(H,29,32)(H,34,35). The van der Waals surface area contributed by atoms with Gasteiger partial charge in [-0.2, -0.15) is 0 Å². The molecule has 0 aromatic heterocycles. The molecule has 0 fully saturated rings. The molecular weight excluding hydrogens is 456 g/mol. The predicted molar refractivity (Wildman–Crippen MR) is 130 cm³/mol. The highest BCUT2D eigenvalue weighted by Crippen LogP contribution is 2.11. The number of nitrogens with one attached hydrogen (secondary N) is 3. The zero-order chi connectivity index (χ0) is 26.2. The van der Waals surface area contributed by atoms with Gasteiger partial charge in [-0.25, -0.2) is 4.79 Å². The van der Waals surface area contributed by atoms with Crippen LogP contribution in [0.15, 0.2) is 24.3 Å². The molecule has 0 saturated carbocycles. The van der Waals surface area contributed by atoms with Crippen LogP contribution in [0.2, 0.25) is 0 Å². The zero-order valence-corrected chi connectivity index (χ0v) is 19.9. The van der Waals surface area contributed by atoms with Crippen molar-refractivity contribution in [3.8, 4) is 5.75 Å². The molecular formula is C23H38N6O6. The number of benzene rings is 1. The Labute approximate surface area is 205 Å². The van der Waals surface area contributed by atoms with Crippen molar-refractivity contribution in [1.29, 1.82) is 0 Å². The highest BCUT2D eigenvalue weighted by molar-refractivity contribution is 5.92. The molecule has 0 bridgehead atoms. The monoisotopic (exact) mass is 494 g/mol. The van der Waals surface area contributed by atoms with Crippen molar-refractivity contribution in [2.24, 2.45) is 17.2 Å². The normalized spacial score (nSPS) is 13.3. The summed E-state index contributed by atoms with van der Waals surface area (Å²) in [5, 5.41) is 26.2. The van der Waals surface area contributed by atoms with Crippen molar-refractivity contribution < 1.29 is 29.4 Å².